The Morgan fingerprint density at radius 3 is 1.97 bits per heavy atom. The fourth-order valence-electron chi connectivity index (χ4n) is 3.88. The molecule has 1 N–H and O–H groups in total. The Kier molecular flexibility index (Phi) is 8.77. The quantitative estimate of drug-likeness (QED) is 0.484. The number of aryl methyl sites for hydroxylation is 1. The molecule has 0 saturated heterocycles. The van der Waals surface area contributed by atoms with Crippen LogP contribution in [0.3, 0.4) is 0 Å². The van der Waals surface area contributed by atoms with Crippen molar-refractivity contribution >= 4 is 58.6 Å². The molecule has 0 heterocycles. The van der Waals surface area contributed by atoms with E-state index in [9.17, 15) is 9.59 Å². The van der Waals surface area contributed by atoms with Crippen molar-refractivity contribution in [2.45, 2.75) is 19.8 Å². The minimum absolute atomic E-state index is 0.0625. The first-order valence-electron chi connectivity index (χ1n) is 10.7. The smallest absolute Gasteiger partial charge is 0.223 e. The van der Waals surface area contributed by atoms with Gasteiger partial charge in [0.25, 0.3) is 0 Å². The van der Waals surface area contributed by atoms with Crippen LogP contribution in [-0.4, -0.2) is 43.8 Å². The molecule has 1 atom stereocenters. The Hall–Kier alpha value is -2.11. The number of halogens is 3. The van der Waals surface area contributed by atoms with Gasteiger partial charge in [-0.2, -0.15) is 0 Å². The van der Waals surface area contributed by atoms with Crippen LogP contribution in [0.1, 0.15) is 29.5 Å². The first-order valence-corrected chi connectivity index (χ1v) is 11.9. The van der Waals surface area contributed by atoms with Gasteiger partial charge in [0.2, 0.25) is 5.91 Å². The number of carbonyl (C=O) groups is 2. The van der Waals surface area contributed by atoms with Gasteiger partial charge >= 0.3 is 0 Å². The third kappa shape index (κ3) is 7.44. The highest BCUT2D eigenvalue weighted by Crippen LogP contribution is 2.34. The monoisotopic (exact) mass is 504 g/mol. The lowest BCUT2D eigenvalue weighted by Crippen LogP contribution is -2.38. The summed E-state index contributed by atoms with van der Waals surface area (Å²) in [6.07, 6.45) is 4.32. The summed E-state index contributed by atoms with van der Waals surface area (Å²) in [6.45, 7) is 3.24. The molecule has 0 bridgehead atoms. The normalized spacial score (nSPS) is 18.9. The first kappa shape index (κ1) is 25.5. The molecule has 1 saturated carbocycles. The molecular weight excluding hydrogens is 479 g/mol. The lowest BCUT2D eigenvalue weighted by Gasteiger charge is -2.25. The van der Waals surface area contributed by atoms with Crippen molar-refractivity contribution in [1.82, 2.24) is 10.2 Å². The second-order valence-corrected chi connectivity index (χ2v) is 9.94. The van der Waals surface area contributed by atoms with Crippen LogP contribution in [0.15, 0.2) is 47.5 Å². The number of amides is 1. The Balaban J connectivity index is 1.96. The predicted octanol–water partition coefficient (Wildman–Crippen LogP) is 6.08. The van der Waals surface area contributed by atoms with Crippen LogP contribution in [0, 0.1) is 12.8 Å². The number of rotatable bonds is 6. The highest BCUT2D eigenvalue weighted by Gasteiger charge is 2.32. The number of allylic oxidation sites excluding steroid dienone is 2. The van der Waals surface area contributed by atoms with Gasteiger partial charge in [0.15, 0.2) is 5.78 Å². The first-order chi connectivity index (χ1) is 15.6. The van der Waals surface area contributed by atoms with Gasteiger partial charge in [0.1, 0.15) is 0 Å². The van der Waals surface area contributed by atoms with E-state index < -0.39 is 0 Å². The van der Waals surface area contributed by atoms with E-state index in [1.165, 1.54) is 0 Å². The number of hydrogen-bond acceptors (Lipinski definition) is 3. The van der Waals surface area contributed by atoms with E-state index in [0.717, 1.165) is 23.2 Å². The molecule has 2 aromatic carbocycles. The van der Waals surface area contributed by atoms with Gasteiger partial charge in [0, 0.05) is 45.2 Å². The Labute approximate surface area is 210 Å². The van der Waals surface area contributed by atoms with Crippen molar-refractivity contribution in [1.29, 1.82) is 0 Å². The van der Waals surface area contributed by atoms with Crippen LogP contribution in [0.2, 0.25) is 15.1 Å². The number of likely N-dealkylation sites (N-methyl/N-ethyl adjacent to an activating group) is 1. The van der Waals surface area contributed by atoms with E-state index in [1.807, 2.05) is 50.2 Å². The second-order valence-electron chi connectivity index (χ2n) is 8.63. The van der Waals surface area contributed by atoms with Gasteiger partial charge in [-0.1, -0.05) is 40.9 Å². The summed E-state index contributed by atoms with van der Waals surface area (Å²) < 4.78 is 0. The fourth-order valence-corrected chi connectivity index (χ4v) is 4.73. The van der Waals surface area contributed by atoms with Crippen LogP contribution in [0.4, 0.5) is 0 Å². The van der Waals surface area contributed by atoms with E-state index in [0.29, 0.717) is 45.6 Å². The zero-order valence-electron chi connectivity index (χ0n) is 18.9. The van der Waals surface area contributed by atoms with Crippen molar-refractivity contribution in [2.24, 2.45) is 5.92 Å². The second kappa shape index (κ2) is 11.3. The summed E-state index contributed by atoms with van der Waals surface area (Å²) in [5, 5.41) is 4.57. The molecule has 4 nitrogen and oxygen atoms in total. The molecule has 0 aromatic heterocycles. The molecule has 7 heteroatoms. The van der Waals surface area contributed by atoms with E-state index in [4.69, 9.17) is 34.8 Å². The van der Waals surface area contributed by atoms with Crippen LogP contribution in [-0.2, 0) is 9.59 Å². The van der Waals surface area contributed by atoms with Crippen LogP contribution < -0.4 is 5.32 Å². The summed E-state index contributed by atoms with van der Waals surface area (Å²) >= 11 is 18.5. The predicted molar refractivity (Wildman–Crippen MR) is 138 cm³/mol. The van der Waals surface area contributed by atoms with Crippen molar-refractivity contribution in [3.8, 4) is 0 Å². The maximum Gasteiger partial charge on any atom is 0.223 e. The number of hydrogen-bond donors (Lipinski definition) is 1. The average molecular weight is 506 g/mol. The van der Waals surface area contributed by atoms with Crippen molar-refractivity contribution in [3.63, 3.8) is 0 Å². The van der Waals surface area contributed by atoms with E-state index in [1.54, 1.807) is 24.3 Å². The minimum Gasteiger partial charge on any atom is -0.355 e. The fraction of sp³-hybridized carbons (Fsp3) is 0.308. The molecule has 1 unspecified atom stereocenters. The summed E-state index contributed by atoms with van der Waals surface area (Å²) in [5.41, 5.74) is 3.69. The third-order valence-corrected chi connectivity index (χ3v) is 6.03. The molecule has 1 fully saturated rings. The standard InChI is InChI=1S/C26H27Cl3N2O2/c1-16-6-17(10-22(27)7-16)8-19-13-21(26(33)30-4-5-31(2)3)14-20(25(19)32)9-18-11-23(28)15-24(29)12-18/h6-12,15,21H,4-5,13-14H2,1-3H3,(H,30,33)/b19-8+,20-9+. The summed E-state index contributed by atoms with van der Waals surface area (Å²) in [6, 6.07) is 10.8. The maximum absolute atomic E-state index is 13.4. The van der Waals surface area contributed by atoms with E-state index in [-0.39, 0.29) is 17.6 Å². The zero-order valence-corrected chi connectivity index (χ0v) is 21.2. The van der Waals surface area contributed by atoms with Gasteiger partial charge in [-0.15, -0.1) is 0 Å². The molecule has 1 amide bonds. The molecule has 1 aliphatic carbocycles. The summed E-state index contributed by atoms with van der Waals surface area (Å²) in [7, 11) is 3.91. The summed E-state index contributed by atoms with van der Waals surface area (Å²) in [4.78, 5) is 28.3. The number of nitrogens with one attached hydrogen (secondary N) is 1. The topological polar surface area (TPSA) is 49.4 Å². The largest absolute Gasteiger partial charge is 0.355 e. The third-order valence-electron chi connectivity index (χ3n) is 5.38. The molecule has 1 aliphatic rings. The maximum atomic E-state index is 13.4. The van der Waals surface area contributed by atoms with Gasteiger partial charge in [-0.05, 0) is 93.0 Å². The molecule has 0 radical (unpaired) electrons. The Morgan fingerprint density at radius 1 is 0.939 bits per heavy atom. The number of nitrogens with zero attached hydrogens (tertiary/aromatic N) is 1. The SMILES string of the molecule is Cc1cc(Cl)cc(/C=C2\CC(C(=O)NCCN(C)C)C/C(=C\c3cc(Cl)cc(Cl)c3)C2=O)c1. The van der Waals surface area contributed by atoms with Gasteiger partial charge in [-0.25, -0.2) is 0 Å². The van der Waals surface area contributed by atoms with E-state index in [2.05, 4.69) is 5.32 Å². The molecule has 33 heavy (non-hydrogen) atoms. The van der Waals surface area contributed by atoms with Gasteiger partial charge in [0.05, 0.1) is 0 Å². The molecule has 0 aliphatic heterocycles. The minimum atomic E-state index is -0.350. The van der Waals surface area contributed by atoms with Crippen LogP contribution in [0.25, 0.3) is 12.2 Å². The molecule has 2 aromatic rings. The molecule has 174 valence electrons. The average Bonchev–Trinajstić information content (AvgIpc) is 2.69. The Morgan fingerprint density at radius 2 is 1.45 bits per heavy atom. The lowest BCUT2D eigenvalue weighted by atomic mass is 9.79. The highest BCUT2D eigenvalue weighted by molar-refractivity contribution is 6.35. The number of ketones is 1. The number of carbonyl (C=O) groups excluding carboxylic acids is 2. The molecular formula is C26H27Cl3N2O2. The lowest BCUT2D eigenvalue weighted by molar-refractivity contribution is -0.125. The molecule has 3 rings (SSSR count). The van der Waals surface area contributed by atoms with Crippen molar-refractivity contribution in [3.05, 3.63) is 79.3 Å². The van der Waals surface area contributed by atoms with Crippen LogP contribution >= 0.6 is 34.8 Å². The highest BCUT2D eigenvalue weighted by atomic mass is 35.5. The van der Waals surface area contributed by atoms with Crippen molar-refractivity contribution in [2.75, 3.05) is 27.2 Å². The van der Waals surface area contributed by atoms with Crippen molar-refractivity contribution < 1.29 is 9.59 Å². The van der Waals surface area contributed by atoms with E-state index >= 15 is 0 Å². The zero-order chi connectivity index (χ0) is 24.1. The number of Topliss-reactive ketones (excluding diaryl/α,β-unsaturated/α-hetero) is 1. The number of benzene rings is 2. The molecule has 0 spiro atoms. The van der Waals surface area contributed by atoms with Crippen LogP contribution in [0.5, 0.6) is 0 Å². The van der Waals surface area contributed by atoms with Gasteiger partial charge < -0.3 is 10.2 Å². The summed E-state index contributed by atoms with van der Waals surface area (Å²) in [5.74, 6) is -0.495. The Bertz CT molecular complexity index is 1010. The van der Waals surface area contributed by atoms with Gasteiger partial charge in [-0.3, -0.25) is 9.59 Å².